The average Bonchev–Trinajstić information content (AvgIpc) is 1.64. The topological polar surface area (TPSA) is 57.9 Å². The van der Waals surface area contributed by atoms with Crippen molar-refractivity contribution >= 4 is 9.84 Å². The van der Waals surface area contributed by atoms with E-state index in [0.717, 1.165) is 0 Å². The van der Waals surface area contributed by atoms with Crippen LogP contribution in [0, 0.1) is 0 Å². The number of halogens is 3. The summed E-state index contributed by atoms with van der Waals surface area (Å²) in [6.07, 6.45) is 0. The van der Waals surface area contributed by atoms with Crippen LogP contribution in [-0.4, -0.2) is 19.8 Å². The molecule has 0 saturated heterocycles. The molecule has 0 aromatic heterocycles. The molecule has 0 fully saturated rings. The first-order valence-electron chi connectivity index (χ1n) is 1.75. The number of hydrogen-bond donors (Lipinski definition) is 0. The lowest BCUT2D eigenvalue weighted by Gasteiger charge is -2.02. The highest BCUT2D eigenvalue weighted by molar-refractivity contribution is 7.92. The summed E-state index contributed by atoms with van der Waals surface area (Å²) in [5.41, 5.74) is 0.684. The SMILES string of the molecule is [NH]CS(=O)(=O)C(F)(F)F. The van der Waals surface area contributed by atoms with Crippen LogP contribution < -0.4 is 5.73 Å². The molecule has 0 unspecified atom stereocenters. The Bertz CT molecular complexity index is 180. The van der Waals surface area contributed by atoms with Crippen LogP contribution in [0.4, 0.5) is 13.2 Å². The van der Waals surface area contributed by atoms with Gasteiger partial charge in [0.05, 0.1) is 0 Å². The maximum atomic E-state index is 11.1. The Hall–Kier alpha value is -0.300. The van der Waals surface area contributed by atoms with Gasteiger partial charge in [0.1, 0.15) is 5.88 Å². The first-order chi connectivity index (χ1) is 3.81. The van der Waals surface area contributed by atoms with E-state index >= 15 is 0 Å². The molecule has 0 aliphatic rings. The zero-order valence-electron chi connectivity index (χ0n) is 4.07. The Balaban J connectivity index is 4.57. The summed E-state index contributed by atoms with van der Waals surface area (Å²) in [4.78, 5) is 0. The maximum absolute atomic E-state index is 11.1. The smallest absolute Gasteiger partial charge is 0.241 e. The number of rotatable bonds is 1. The monoisotopic (exact) mass is 162 g/mol. The molecule has 7 heteroatoms. The molecule has 0 spiro atoms. The molecule has 9 heavy (non-hydrogen) atoms. The van der Waals surface area contributed by atoms with E-state index in [1.807, 2.05) is 0 Å². The van der Waals surface area contributed by atoms with Crippen molar-refractivity contribution in [2.45, 2.75) is 5.51 Å². The molecule has 0 aliphatic heterocycles. The lowest BCUT2D eigenvalue weighted by Crippen LogP contribution is -2.26. The van der Waals surface area contributed by atoms with Crippen LogP contribution in [0.15, 0.2) is 0 Å². The second kappa shape index (κ2) is 2.14. The van der Waals surface area contributed by atoms with Gasteiger partial charge in [-0.3, -0.25) is 0 Å². The minimum absolute atomic E-state index is 1.64. The van der Waals surface area contributed by atoms with Crippen LogP contribution in [0.3, 0.4) is 0 Å². The minimum Gasteiger partial charge on any atom is -0.241 e. The minimum atomic E-state index is -5.27. The Morgan fingerprint density at radius 2 is 1.67 bits per heavy atom. The van der Waals surface area contributed by atoms with Crippen molar-refractivity contribution in [3.8, 4) is 0 Å². The highest BCUT2D eigenvalue weighted by Crippen LogP contribution is 2.22. The standard InChI is InChI=1S/C2H3F3NO2S/c3-2(4,5)9(7,8)1-6/h6H,1H2. The molecule has 0 bridgehead atoms. The van der Waals surface area contributed by atoms with Gasteiger partial charge in [-0.2, -0.15) is 13.2 Å². The number of alkyl halides is 3. The van der Waals surface area contributed by atoms with E-state index in [2.05, 4.69) is 0 Å². The molecule has 0 atom stereocenters. The van der Waals surface area contributed by atoms with Gasteiger partial charge >= 0.3 is 5.51 Å². The summed E-state index contributed by atoms with van der Waals surface area (Å²) < 4.78 is 52.8. The third-order valence-corrected chi connectivity index (χ3v) is 1.63. The third kappa shape index (κ3) is 1.83. The lowest BCUT2D eigenvalue weighted by molar-refractivity contribution is -0.0435. The molecule has 1 N–H and O–H groups in total. The van der Waals surface area contributed by atoms with Gasteiger partial charge < -0.3 is 0 Å². The number of sulfone groups is 1. The van der Waals surface area contributed by atoms with Crippen molar-refractivity contribution < 1.29 is 21.6 Å². The predicted molar refractivity (Wildman–Crippen MR) is 22.9 cm³/mol. The Morgan fingerprint density at radius 3 is 1.67 bits per heavy atom. The van der Waals surface area contributed by atoms with E-state index in [9.17, 15) is 21.6 Å². The van der Waals surface area contributed by atoms with Crippen LogP contribution in [0.1, 0.15) is 0 Å². The Kier molecular flexibility index (Phi) is 2.07. The molecule has 0 rings (SSSR count). The fraction of sp³-hybridized carbons (Fsp3) is 1.00. The lowest BCUT2D eigenvalue weighted by atomic mass is 11.5. The number of hydrogen-bond acceptors (Lipinski definition) is 2. The summed E-state index contributed by atoms with van der Waals surface area (Å²) in [6, 6.07) is 0. The number of nitrogens with one attached hydrogen (secondary N) is 1. The van der Waals surface area contributed by atoms with E-state index in [1.54, 1.807) is 0 Å². The quantitative estimate of drug-likeness (QED) is 0.551. The van der Waals surface area contributed by atoms with Gasteiger partial charge in [0.25, 0.3) is 9.84 Å². The van der Waals surface area contributed by atoms with Crippen molar-refractivity contribution in [1.82, 2.24) is 5.73 Å². The first-order valence-corrected chi connectivity index (χ1v) is 3.40. The molecular formula is C2H3F3NO2S. The fourth-order valence-electron chi connectivity index (χ4n) is 0.0818. The summed E-state index contributed by atoms with van der Waals surface area (Å²) in [5.74, 6) is -1.64. The van der Waals surface area contributed by atoms with Crippen molar-refractivity contribution in [3.63, 3.8) is 0 Å². The molecule has 1 radical (unpaired) electrons. The predicted octanol–water partition coefficient (Wildman–Crippen LogP) is 0.161. The van der Waals surface area contributed by atoms with Gasteiger partial charge in [-0.1, -0.05) is 0 Å². The van der Waals surface area contributed by atoms with Crippen molar-refractivity contribution in [1.29, 1.82) is 0 Å². The zero-order valence-corrected chi connectivity index (χ0v) is 4.88. The van der Waals surface area contributed by atoms with E-state index in [0.29, 0.717) is 0 Å². The molecule has 0 amide bonds. The molecular weight excluding hydrogens is 159 g/mol. The molecule has 0 aromatic rings. The van der Waals surface area contributed by atoms with Crippen LogP contribution in [-0.2, 0) is 9.84 Å². The van der Waals surface area contributed by atoms with Gasteiger partial charge in [0, 0.05) is 0 Å². The van der Waals surface area contributed by atoms with Gasteiger partial charge in [-0.15, -0.1) is 0 Å². The molecule has 0 aromatic carbocycles. The van der Waals surface area contributed by atoms with Gasteiger partial charge in [0.2, 0.25) is 0 Å². The second-order valence-electron chi connectivity index (χ2n) is 1.20. The summed E-state index contributed by atoms with van der Waals surface area (Å²) >= 11 is 0. The van der Waals surface area contributed by atoms with E-state index in [1.165, 1.54) is 0 Å². The summed E-state index contributed by atoms with van der Waals surface area (Å²) in [7, 11) is -5.17. The van der Waals surface area contributed by atoms with Crippen molar-refractivity contribution in [2.24, 2.45) is 0 Å². The maximum Gasteiger partial charge on any atom is 0.498 e. The van der Waals surface area contributed by atoms with Crippen LogP contribution in [0.5, 0.6) is 0 Å². The molecule has 3 nitrogen and oxygen atoms in total. The summed E-state index contributed by atoms with van der Waals surface area (Å²) in [5, 5.41) is 0. The van der Waals surface area contributed by atoms with Gasteiger partial charge in [-0.05, 0) is 0 Å². The van der Waals surface area contributed by atoms with E-state index < -0.39 is 21.2 Å². The highest BCUT2D eigenvalue weighted by atomic mass is 32.2. The largest absolute Gasteiger partial charge is 0.498 e. The third-order valence-electron chi connectivity index (χ3n) is 0.543. The average molecular weight is 162 g/mol. The van der Waals surface area contributed by atoms with E-state index in [4.69, 9.17) is 5.73 Å². The molecule has 0 saturated carbocycles. The molecule has 0 aliphatic carbocycles. The van der Waals surface area contributed by atoms with E-state index in [-0.39, 0.29) is 0 Å². The van der Waals surface area contributed by atoms with Crippen LogP contribution in [0.2, 0.25) is 0 Å². The van der Waals surface area contributed by atoms with Crippen LogP contribution >= 0.6 is 0 Å². The Morgan fingerprint density at radius 1 is 1.33 bits per heavy atom. The fourth-order valence-corrected chi connectivity index (χ4v) is 0.245. The molecule has 55 valence electrons. The van der Waals surface area contributed by atoms with Crippen molar-refractivity contribution in [3.05, 3.63) is 0 Å². The highest BCUT2D eigenvalue weighted by Gasteiger charge is 2.44. The summed E-state index contributed by atoms with van der Waals surface area (Å²) in [6.45, 7) is 0. The molecule has 0 heterocycles. The normalized spacial score (nSPS) is 13.8. The van der Waals surface area contributed by atoms with Gasteiger partial charge in [-0.25, -0.2) is 14.2 Å². The van der Waals surface area contributed by atoms with Gasteiger partial charge in [0.15, 0.2) is 0 Å². The second-order valence-corrected chi connectivity index (χ2v) is 3.19. The van der Waals surface area contributed by atoms with Crippen LogP contribution in [0.25, 0.3) is 0 Å². The van der Waals surface area contributed by atoms with Crippen molar-refractivity contribution in [2.75, 3.05) is 5.88 Å². The zero-order chi connectivity index (χ0) is 7.71. The Labute approximate surface area is 49.6 Å². The first kappa shape index (κ1) is 8.70.